The van der Waals surface area contributed by atoms with Crippen molar-refractivity contribution in [3.63, 3.8) is 0 Å². The molecule has 2 aromatic carbocycles. The van der Waals surface area contributed by atoms with Crippen LogP contribution in [0.3, 0.4) is 0 Å². The predicted molar refractivity (Wildman–Crippen MR) is 110 cm³/mol. The van der Waals surface area contributed by atoms with E-state index in [-0.39, 0.29) is 18.1 Å². The van der Waals surface area contributed by atoms with Crippen LogP contribution in [0.25, 0.3) is 0 Å². The molecule has 28 heavy (non-hydrogen) atoms. The molecule has 142 valence electrons. The van der Waals surface area contributed by atoms with Gasteiger partial charge in [-0.3, -0.25) is 9.69 Å². The van der Waals surface area contributed by atoms with Crippen molar-refractivity contribution in [1.29, 1.82) is 5.26 Å². The van der Waals surface area contributed by atoms with Crippen LogP contribution in [0.15, 0.2) is 53.1 Å². The van der Waals surface area contributed by atoms with E-state index in [0.717, 1.165) is 5.69 Å². The Hall–Kier alpha value is -2.20. The molecule has 1 amide bonds. The van der Waals surface area contributed by atoms with Crippen LogP contribution in [0, 0.1) is 17.1 Å². The molecule has 4 rings (SSSR count). The van der Waals surface area contributed by atoms with E-state index in [1.165, 1.54) is 23.9 Å². The highest BCUT2D eigenvalue weighted by Gasteiger charge is 2.39. The summed E-state index contributed by atoms with van der Waals surface area (Å²) in [6.45, 7) is 0.307. The molecule has 2 aliphatic heterocycles. The molecule has 4 nitrogen and oxygen atoms in total. The maximum Gasteiger partial charge on any atom is 0.229 e. The molecule has 2 aromatic rings. The maximum atomic E-state index is 13.2. The van der Waals surface area contributed by atoms with E-state index in [1.807, 2.05) is 4.90 Å². The Bertz CT molecular complexity index is 999. The molecule has 0 saturated carbocycles. The number of nitriles is 1. The fourth-order valence-electron chi connectivity index (χ4n) is 3.47. The van der Waals surface area contributed by atoms with Gasteiger partial charge in [0.05, 0.1) is 29.2 Å². The van der Waals surface area contributed by atoms with Crippen LogP contribution in [0.1, 0.15) is 17.9 Å². The van der Waals surface area contributed by atoms with Gasteiger partial charge in [0.1, 0.15) is 5.82 Å². The highest BCUT2D eigenvalue weighted by Crippen LogP contribution is 2.46. The summed E-state index contributed by atoms with van der Waals surface area (Å²) >= 11 is 14.1. The third kappa shape index (κ3) is 3.35. The zero-order chi connectivity index (χ0) is 19.8. The summed E-state index contributed by atoms with van der Waals surface area (Å²) in [6.07, 6.45) is 0.119. The second-order valence-corrected chi connectivity index (χ2v) is 8.22. The fraction of sp³-hybridized carbons (Fsp3) is 0.200. The van der Waals surface area contributed by atoms with Crippen molar-refractivity contribution in [3.8, 4) is 6.07 Å². The van der Waals surface area contributed by atoms with Gasteiger partial charge in [-0.15, -0.1) is 0 Å². The number of anilines is 1. The molecule has 0 spiro atoms. The Morgan fingerprint density at radius 3 is 2.46 bits per heavy atom. The lowest BCUT2D eigenvalue weighted by molar-refractivity contribution is -0.129. The lowest BCUT2D eigenvalue weighted by atomic mass is 9.86. The Kier molecular flexibility index (Phi) is 5.24. The number of fused-ring (bicyclic) bond motifs is 1. The van der Waals surface area contributed by atoms with Crippen molar-refractivity contribution in [2.45, 2.75) is 12.3 Å². The van der Waals surface area contributed by atoms with Gasteiger partial charge in [0.25, 0.3) is 0 Å². The van der Waals surface area contributed by atoms with E-state index in [0.29, 0.717) is 38.8 Å². The average molecular weight is 434 g/mol. The maximum absolute atomic E-state index is 13.2. The van der Waals surface area contributed by atoms with E-state index in [9.17, 15) is 14.4 Å². The highest BCUT2D eigenvalue weighted by atomic mass is 35.5. The lowest BCUT2D eigenvalue weighted by Crippen LogP contribution is -2.47. The Morgan fingerprint density at radius 1 is 1.14 bits per heavy atom. The SMILES string of the molecule is N#CC1=C2SCN(c3ccc(F)cc3)CN2C(=O)C[C@H]1c1c(Cl)cccc1Cl. The number of halogens is 3. The molecule has 1 atom stereocenters. The van der Waals surface area contributed by atoms with Crippen LogP contribution in [0.5, 0.6) is 0 Å². The lowest BCUT2D eigenvalue weighted by Gasteiger charge is -2.42. The summed E-state index contributed by atoms with van der Waals surface area (Å²) in [5.74, 6) is -0.336. The van der Waals surface area contributed by atoms with Gasteiger partial charge in [-0.05, 0) is 42.0 Å². The van der Waals surface area contributed by atoms with Crippen molar-refractivity contribution in [1.82, 2.24) is 4.90 Å². The van der Waals surface area contributed by atoms with Gasteiger partial charge >= 0.3 is 0 Å². The van der Waals surface area contributed by atoms with Crippen molar-refractivity contribution < 1.29 is 9.18 Å². The van der Waals surface area contributed by atoms with Gasteiger partial charge in [0.15, 0.2) is 0 Å². The van der Waals surface area contributed by atoms with E-state index in [1.54, 1.807) is 35.2 Å². The first-order valence-electron chi connectivity index (χ1n) is 8.51. The van der Waals surface area contributed by atoms with E-state index < -0.39 is 5.92 Å². The molecule has 0 aliphatic carbocycles. The minimum absolute atomic E-state index is 0.103. The number of rotatable bonds is 2. The number of nitrogens with zero attached hydrogens (tertiary/aromatic N) is 3. The first-order chi connectivity index (χ1) is 13.5. The summed E-state index contributed by atoms with van der Waals surface area (Å²) in [6, 6.07) is 13.6. The number of allylic oxidation sites excluding steroid dienone is 1. The van der Waals surface area contributed by atoms with Crippen LogP contribution < -0.4 is 4.90 Å². The van der Waals surface area contributed by atoms with Crippen LogP contribution in [0.2, 0.25) is 10.0 Å². The fourth-order valence-corrected chi connectivity index (χ4v) is 5.30. The van der Waals surface area contributed by atoms with Crippen molar-refractivity contribution in [2.24, 2.45) is 0 Å². The summed E-state index contributed by atoms with van der Waals surface area (Å²) in [4.78, 5) is 16.5. The Labute approximate surface area is 176 Å². The van der Waals surface area contributed by atoms with Crippen molar-refractivity contribution in [2.75, 3.05) is 17.4 Å². The quantitative estimate of drug-likeness (QED) is 0.639. The molecule has 1 fully saturated rings. The molecule has 0 N–H and O–H groups in total. The summed E-state index contributed by atoms with van der Waals surface area (Å²) in [5, 5.41) is 11.4. The second-order valence-electron chi connectivity index (χ2n) is 6.48. The van der Waals surface area contributed by atoms with Crippen LogP contribution in [-0.2, 0) is 4.79 Å². The van der Waals surface area contributed by atoms with E-state index in [2.05, 4.69) is 6.07 Å². The molecule has 0 bridgehead atoms. The number of carbonyl (C=O) groups excluding carboxylic acids is 1. The Balaban J connectivity index is 1.70. The molecule has 0 radical (unpaired) electrons. The van der Waals surface area contributed by atoms with Crippen molar-refractivity contribution in [3.05, 3.63) is 74.5 Å². The predicted octanol–water partition coefficient (Wildman–Crippen LogP) is 5.35. The highest BCUT2D eigenvalue weighted by molar-refractivity contribution is 8.03. The smallest absolute Gasteiger partial charge is 0.229 e. The molecule has 8 heteroatoms. The van der Waals surface area contributed by atoms with Gasteiger partial charge in [-0.1, -0.05) is 41.0 Å². The van der Waals surface area contributed by atoms with Gasteiger partial charge in [-0.25, -0.2) is 4.39 Å². The van der Waals surface area contributed by atoms with Gasteiger partial charge in [-0.2, -0.15) is 5.26 Å². The largest absolute Gasteiger partial charge is 0.344 e. The van der Waals surface area contributed by atoms with Gasteiger partial charge in [0.2, 0.25) is 5.91 Å². The molecule has 1 saturated heterocycles. The molecule has 0 aromatic heterocycles. The molecule has 2 heterocycles. The standard InChI is InChI=1S/C20H14Cl2FN3OS/c21-16-2-1-3-17(22)19(16)14-8-18(27)26-10-25(11-28-20(26)15(14)9-24)13-6-4-12(23)5-7-13/h1-7,14H,8,10-11H2/t14-/m1/s1. The summed E-state index contributed by atoms with van der Waals surface area (Å²) in [5.41, 5.74) is 1.93. The first-order valence-corrected chi connectivity index (χ1v) is 10.3. The van der Waals surface area contributed by atoms with Crippen LogP contribution in [0.4, 0.5) is 10.1 Å². The van der Waals surface area contributed by atoms with E-state index in [4.69, 9.17) is 23.2 Å². The minimum Gasteiger partial charge on any atom is -0.344 e. The zero-order valence-corrected chi connectivity index (χ0v) is 16.9. The molecule has 2 aliphatic rings. The van der Waals surface area contributed by atoms with Crippen LogP contribution in [-0.4, -0.2) is 23.4 Å². The number of benzene rings is 2. The summed E-state index contributed by atoms with van der Waals surface area (Å²) in [7, 11) is 0. The average Bonchev–Trinajstić information content (AvgIpc) is 2.68. The van der Waals surface area contributed by atoms with E-state index >= 15 is 0 Å². The van der Waals surface area contributed by atoms with Gasteiger partial charge in [0, 0.05) is 28.1 Å². The second kappa shape index (κ2) is 7.67. The number of carbonyl (C=O) groups is 1. The van der Waals surface area contributed by atoms with Gasteiger partial charge < -0.3 is 4.90 Å². The third-order valence-corrected chi connectivity index (χ3v) is 6.65. The minimum atomic E-state index is -0.463. The number of hydrogen-bond acceptors (Lipinski definition) is 4. The summed E-state index contributed by atoms with van der Waals surface area (Å²) < 4.78 is 13.2. The zero-order valence-electron chi connectivity index (χ0n) is 14.5. The number of hydrogen-bond donors (Lipinski definition) is 0. The Morgan fingerprint density at radius 2 is 1.82 bits per heavy atom. The monoisotopic (exact) mass is 433 g/mol. The topological polar surface area (TPSA) is 47.3 Å². The number of amides is 1. The molecular weight excluding hydrogens is 420 g/mol. The first kappa shape index (κ1) is 19.1. The molecular formula is C20H14Cl2FN3OS. The van der Waals surface area contributed by atoms with Crippen molar-refractivity contribution >= 4 is 46.6 Å². The number of thioether (sulfide) groups is 1. The normalized spacial score (nSPS) is 19.5. The molecule has 0 unspecified atom stereocenters. The third-order valence-electron chi connectivity index (χ3n) is 4.83. The van der Waals surface area contributed by atoms with Crippen LogP contribution >= 0.6 is 35.0 Å².